The Morgan fingerprint density at radius 1 is 1.53 bits per heavy atom. The van der Waals surface area contributed by atoms with Crippen molar-refractivity contribution in [3.05, 3.63) is 35.6 Å². The highest BCUT2D eigenvalue weighted by Crippen LogP contribution is 2.36. The van der Waals surface area contributed by atoms with E-state index in [2.05, 4.69) is 40.6 Å². The zero-order valence-electron chi connectivity index (χ0n) is 10.1. The van der Waals surface area contributed by atoms with E-state index < -0.39 is 0 Å². The number of hydrogen-bond donors (Lipinski definition) is 1. The van der Waals surface area contributed by atoms with Crippen molar-refractivity contribution in [1.82, 2.24) is 0 Å². The highest BCUT2D eigenvalue weighted by molar-refractivity contribution is 6.34. The molecule has 1 aliphatic rings. The summed E-state index contributed by atoms with van der Waals surface area (Å²) in [5.41, 5.74) is 9.85. The summed E-state index contributed by atoms with van der Waals surface area (Å²) >= 11 is 0. The van der Waals surface area contributed by atoms with Crippen molar-refractivity contribution in [2.45, 2.75) is 39.8 Å². The summed E-state index contributed by atoms with van der Waals surface area (Å²) in [6.07, 6.45) is 7.40. The Hall–Kier alpha value is -0.915. The molecule has 0 fully saturated rings. The van der Waals surface area contributed by atoms with E-state index in [4.69, 9.17) is 5.73 Å². The van der Waals surface area contributed by atoms with Crippen molar-refractivity contribution in [2.24, 2.45) is 11.1 Å². The molecule has 15 heavy (non-hydrogen) atoms. The molecule has 0 unspecified atom stereocenters. The van der Waals surface area contributed by atoms with Gasteiger partial charge in [0, 0.05) is 11.1 Å². The van der Waals surface area contributed by atoms with Gasteiger partial charge in [-0.2, -0.15) is 0 Å². The monoisotopic (exact) mass is 202 g/mol. The molecule has 2 heteroatoms. The van der Waals surface area contributed by atoms with Crippen molar-refractivity contribution in [2.75, 3.05) is 0 Å². The lowest BCUT2D eigenvalue weighted by atomic mass is 9.70. The standard InChI is InChI=1S/C13H21BN/c1-5-13(2,3)11-7-6-10(9-14-4)8-12(11)15/h5,8H,1,6-7,9,15H2,2-4H3. The molecule has 0 heterocycles. The van der Waals surface area contributed by atoms with Gasteiger partial charge in [0.05, 0.1) is 0 Å². The minimum atomic E-state index is 0.0298. The van der Waals surface area contributed by atoms with Gasteiger partial charge in [0.15, 0.2) is 0 Å². The van der Waals surface area contributed by atoms with E-state index in [-0.39, 0.29) is 5.41 Å². The van der Waals surface area contributed by atoms with E-state index in [1.165, 1.54) is 11.1 Å². The average Bonchev–Trinajstić information content (AvgIpc) is 2.18. The molecule has 1 rings (SSSR count). The van der Waals surface area contributed by atoms with Crippen molar-refractivity contribution < 1.29 is 0 Å². The van der Waals surface area contributed by atoms with Gasteiger partial charge >= 0.3 is 0 Å². The van der Waals surface area contributed by atoms with Crippen LogP contribution in [-0.2, 0) is 0 Å². The molecule has 0 aromatic carbocycles. The van der Waals surface area contributed by atoms with Crippen LogP contribution in [0.25, 0.3) is 0 Å². The van der Waals surface area contributed by atoms with E-state index in [0.717, 1.165) is 24.9 Å². The summed E-state index contributed by atoms with van der Waals surface area (Å²) in [6.45, 7) is 10.3. The van der Waals surface area contributed by atoms with E-state index in [1.807, 2.05) is 6.08 Å². The maximum absolute atomic E-state index is 6.10. The Morgan fingerprint density at radius 3 is 2.67 bits per heavy atom. The molecule has 0 bridgehead atoms. The third kappa shape index (κ3) is 2.77. The van der Waals surface area contributed by atoms with Gasteiger partial charge in [-0.05, 0) is 24.5 Å². The average molecular weight is 202 g/mol. The molecule has 81 valence electrons. The van der Waals surface area contributed by atoms with Crippen LogP contribution in [0.15, 0.2) is 35.6 Å². The first-order valence-electron chi connectivity index (χ1n) is 5.61. The predicted molar refractivity (Wildman–Crippen MR) is 68.9 cm³/mol. The first-order chi connectivity index (χ1) is 7.01. The third-order valence-electron chi connectivity index (χ3n) is 3.16. The molecule has 0 amide bonds. The van der Waals surface area contributed by atoms with Gasteiger partial charge < -0.3 is 5.73 Å². The molecular weight excluding hydrogens is 181 g/mol. The second-order valence-corrected chi connectivity index (χ2v) is 4.77. The molecule has 0 aromatic heterocycles. The zero-order chi connectivity index (χ0) is 11.5. The second kappa shape index (κ2) is 4.74. The summed E-state index contributed by atoms with van der Waals surface area (Å²) in [4.78, 5) is 0. The SMILES string of the molecule is C=CC(C)(C)C1=C(N)C=C(C[B]C)CC1. The van der Waals surface area contributed by atoms with Gasteiger partial charge in [0.2, 0.25) is 0 Å². The summed E-state index contributed by atoms with van der Waals surface area (Å²) in [6, 6.07) is 0. The Labute approximate surface area is 94.4 Å². The Kier molecular flexibility index (Phi) is 3.84. The van der Waals surface area contributed by atoms with Crippen molar-refractivity contribution in [1.29, 1.82) is 0 Å². The van der Waals surface area contributed by atoms with Crippen LogP contribution in [0.2, 0.25) is 13.1 Å². The maximum atomic E-state index is 6.10. The maximum Gasteiger partial charge on any atom is 0.111 e. The summed E-state index contributed by atoms with van der Waals surface area (Å²) in [7, 11) is 2.18. The predicted octanol–water partition coefficient (Wildman–Crippen LogP) is 3.30. The summed E-state index contributed by atoms with van der Waals surface area (Å²) < 4.78 is 0. The molecule has 1 nitrogen and oxygen atoms in total. The first-order valence-corrected chi connectivity index (χ1v) is 5.61. The van der Waals surface area contributed by atoms with Crippen LogP contribution < -0.4 is 5.73 Å². The second-order valence-electron chi connectivity index (χ2n) is 4.77. The van der Waals surface area contributed by atoms with Crippen LogP contribution in [0.1, 0.15) is 26.7 Å². The highest BCUT2D eigenvalue weighted by Gasteiger charge is 2.23. The molecular formula is C13H21BN. The Balaban J connectivity index is 2.93. The van der Waals surface area contributed by atoms with Crippen LogP contribution in [0, 0.1) is 5.41 Å². The molecule has 0 aliphatic heterocycles. The zero-order valence-corrected chi connectivity index (χ0v) is 10.1. The van der Waals surface area contributed by atoms with Gasteiger partial charge in [-0.3, -0.25) is 0 Å². The van der Waals surface area contributed by atoms with Crippen LogP contribution in [-0.4, -0.2) is 7.28 Å². The van der Waals surface area contributed by atoms with Gasteiger partial charge in [-0.1, -0.05) is 38.6 Å². The van der Waals surface area contributed by atoms with Crippen LogP contribution in [0.4, 0.5) is 0 Å². The molecule has 0 atom stereocenters. The van der Waals surface area contributed by atoms with Gasteiger partial charge in [-0.25, -0.2) is 0 Å². The number of nitrogens with two attached hydrogens (primary N) is 1. The fraction of sp³-hybridized carbons (Fsp3) is 0.538. The lowest BCUT2D eigenvalue weighted by Crippen LogP contribution is -2.19. The molecule has 0 saturated heterocycles. The molecule has 1 radical (unpaired) electrons. The van der Waals surface area contributed by atoms with Crippen molar-refractivity contribution in [3.63, 3.8) is 0 Å². The molecule has 2 N–H and O–H groups in total. The molecule has 1 aliphatic carbocycles. The topological polar surface area (TPSA) is 26.0 Å². The van der Waals surface area contributed by atoms with Crippen LogP contribution in [0.3, 0.4) is 0 Å². The Morgan fingerprint density at radius 2 is 2.20 bits per heavy atom. The fourth-order valence-corrected chi connectivity index (χ4v) is 2.05. The minimum absolute atomic E-state index is 0.0298. The van der Waals surface area contributed by atoms with Crippen LogP contribution in [0.5, 0.6) is 0 Å². The normalized spacial score (nSPS) is 17.4. The van der Waals surface area contributed by atoms with Crippen molar-refractivity contribution in [3.8, 4) is 0 Å². The fourth-order valence-electron chi connectivity index (χ4n) is 2.05. The molecule has 0 saturated carbocycles. The smallest absolute Gasteiger partial charge is 0.111 e. The van der Waals surface area contributed by atoms with E-state index >= 15 is 0 Å². The third-order valence-corrected chi connectivity index (χ3v) is 3.16. The Bertz CT molecular complexity index is 310. The lowest BCUT2D eigenvalue weighted by Gasteiger charge is -2.29. The van der Waals surface area contributed by atoms with Gasteiger partial charge in [0.25, 0.3) is 0 Å². The van der Waals surface area contributed by atoms with E-state index in [0.29, 0.717) is 0 Å². The van der Waals surface area contributed by atoms with Gasteiger partial charge in [0.1, 0.15) is 7.28 Å². The van der Waals surface area contributed by atoms with E-state index in [9.17, 15) is 0 Å². The number of rotatable bonds is 4. The summed E-state index contributed by atoms with van der Waals surface area (Å²) in [5, 5.41) is 0. The number of allylic oxidation sites excluding steroid dienone is 4. The highest BCUT2D eigenvalue weighted by atomic mass is 14.6. The lowest BCUT2D eigenvalue weighted by molar-refractivity contribution is 0.540. The number of hydrogen-bond acceptors (Lipinski definition) is 1. The first kappa shape index (κ1) is 12.2. The quantitative estimate of drug-likeness (QED) is 0.549. The van der Waals surface area contributed by atoms with Gasteiger partial charge in [-0.15, -0.1) is 6.58 Å². The molecule has 0 aromatic rings. The van der Waals surface area contributed by atoms with E-state index in [1.54, 1.807) is 0 Å². The minimum Gasteiger partial charge on any atom is -0.399 e. The largest absolute Gasteiger partial charge is 0.399 e. The molecule has 0 spiro atoms. The van der Waals surface area contributed by atoms with Crippen LogP contribution >= 0.6 is 0 Å². The summed E-state index contributed by atoms with van der Waals surface area (Å²) in [5.74, 6) is 0. The van der Waals surface area contributed by atoms with Crippen molar-refractivity contribution >= 4 is 7.28 Å².